The van der Waals surface area contributed by atoms with Gasteiger partial charge >= 0.3 is 0 Å². The number of amides is 1. The van der Waals surface area contributed by atoms with Crippen LogP contribution in [0.25, 0.3) is 21.9 Å². The molecule has 2 fully saturated rings. The van der Waals surface area contributed by atoms with E-state index in [0.29, 0.717) is 17.7 Å². The molecular weight excluding hydrogens is 376 g/mol. The van der Waals surface area contributed by atoms with Gasteiger partial charge in [0, 0.05) is 43.4 Å². The molecule has 5 nitrogen and oxygen atoms in total. The van der Waals surface area contributed by atoms with Gasteiger partial charge in [-0.15, -0.1) is 0 Å². The van der Waals surface area contributed by atoms with E-state index in [9.17, 15) is 4.79 Å². The number of aromatic nitrogens is 1. The summed E-state index contributed by atoms with van der Waals surface area (Å²) in [5, 5.41) is 2.11. The summed E-state index contributed by atoms with van der Waals surface area (Å²) in [5.74, 6) is 2.19. The molecule has 5 heteroatoms. The lowest BCUT2D eigenvalue weighted by Gasteiger charge is -2.32. The van der Waals surface area contributed by atoms with Crippen LogP contribution >= 0.6 is 0 Å². The van der Waals surface area contributed by atoms with Crippen LogP contribution in [0, 0.1) is 5.92 Å². The summed E-state index contributed by atoms with van der Waals surface area (Å²) in [5.41, 5.74) is 2.29. The number of benzene rings is 2. The number of methoxy groups -OCH3 is 1. The summed E-state index contributed by atoms with van der Waals surface area (Å²) in [6, 6.07) is 16.6. The Hall–Kier alpha value is -3.08. The van der Waals surface area contributed by atoms with E-state index in [1.807, 2.05) is 23.1 Å². The first-order chi connectivity index (χ1) is 14.7. The molecule has 3 aromatic rings. The van der Waals surface area contributed by atoms with Crippen molar-refractivity contribution >= 4 is 16.7 Å². The maximum absolute atomic E-state index is 12.2. The van der Waals surface area contributed by atoms with Crippen molar-refractivity contribution in [2.24, 2.45) is 5.92 Å². The van der Waals surface area contributed by atoms with Crippen molar-refractivity contribution in [2.75, 3.05) is 20.2 Å². The predicted octanol–water partition coefficient (Wildman–Crippen LogP) is 4.69. The van der Waals surface area contributed by atoms with Crippen molar-refractivity contribution in [3.63, 3.8) is 0 Å². The molecule has 0 unspecified atom stereocenters. The molecule has 2 aliphatic rings. The van der Waals surface area contributed by atoms with Crippen LogP contribution in [0.3, 0.4) is 0 Å². The first-order valence-electron chi connectivity index (χ1n) is 10.7. The van der Waals surface area contributed by atoms with E-state index in [4.69, 9.17) is 9.47 Å². The number of likely N-dealkylation sites (tertiary alicyclic amines) is 1. The Morgan fingerprint density at radius 1 is 0.967 bits per heavy atom. The monoisotopic (exact) mass is 402 g/mol. The van der Waals surface area contributed by atoms with Crippen molar-refractivity contribution in [3.05, 3.63) is 54.7 Å². The Labute approximate surface area is 176 Å². The Bertz CT molecular complexity index is 1050. The standard InChI is InChI=1S/C25H26N2O3/c1-29-24-23-9-6-19(16-20(23)10-13-26-24)17-4-7-21(8-5-17)30-22-11-14-27(15-12-22)25(28)18-2-3-18/h4-10,13,16,18,22H,2-3,11-12,14-15H2,1H3. The second-order valence-electron chi connectivity index (χ2n) is 8.20. The van der Waals surface area contributed by atoms with Crippen LogP contribution in [-0.2, 0) is 4.79 Å². The van der Waals surface area contributed by atoms with Gasteiger partial charge in [0.05, 0.1) is 7.11 Å². The highest BCUT2D eigenvalue weighted by atomic mass is 16.5. The van der Waals surface area contributed by atoms with E-state index in [2.05, 4.69) is 35.3 Å². The lowest BCUT2D eigenvalue weighted by molar-refractivity contribution is -0.134. The van der Waals surface area contributed by atoms with Gasteiger partial charge in [0.2, 0.25) is 11.8 Å². The molecule has 0 spiro atoms. The fraction of sp³-hybridized carbons (Fsp3) is 0.360. The molecule has 0 radical (unpaired) electrons. The third-order valence-corrected chi connectivity index (χ3v) is 6.09. The third-order valence-electron chi connectivity index (χ3n) is 6.09. The minimum Gasteiger partial charge on any atom is -0.490 e. The van der Waals surface area contributed by atoms with Crippen LogP contribution in [0.4, 0.5) is 0 Å². The molecule has 0 bridgehead atoms. The molecule has 1 saturated carbocycles. The molecule has 1 amide bonds. The van der Waals surface area contributed by atoms with E-state index in [1.165, 1.54) is 0 Å². The lowest BCUT2D eigenvalue weighted by atomic mass is 10.0. The smallest absolute Gasteiger partial charge is 0.225 e. The maximum Gasteiger partial charge on any atom is 0.225 e. The molecule has 0 N–H and O–H groups in total. The first-order valence-corrected chi connectivity index (χ1v) is 10.7. The zero-order valence-electron chi connectivity index (χ0n) is 17.2. The minimum atomic E-state index is 0.180. The van der Waals surface area contributed by atoms with Crippen molar-refractivity contribution < 1.29 is 14.3 Å². The SMILES string of the molecule is COc1nccc2cc(-c3ccc(OC4CCN(C(=O)C5CC5)CC4)cc3)ccc12. The fourth-order valence-corrected chi connectivity index (χ4v) is 4.19. The van der Waals surface area contributed by atoms with E-state index < -0.39 is 0 Å². The highest BCUT2D eigenvalue weighted by Crippen LogP contribution is 2.33. The normalized spacial score (nSPS) is 17.2. The molecule has 0 atom stereocenters. The van der Waals surface area contributed by atoms with Crippen molar-refractivity contribution in [3.8, 4) is 22.8 Å². The number of hydrogen-bond donors (Lipinski definition) is 0. The van der Waals surface area contributed by atoms with Crippen LogP contribution in [0.2, 0.25) is 0 Å². The molecule has 5 rings (SSSR count). The van der Waals surface area contributed by atoms with Gasteiger partial charge in [0.25, 0.3) is 0 Å². The van der Waals surface area contributed by atoms with Crippen LogP contribution in [0.5, 0.6) is 11.6 Å². The summed E-state index contributed by atoms with van der Waals surface area (Å²) in [6.45, 7) is 1.63. The second kappa shape index (κ2) is 7.98. The maximum atomic E-state index is 12.2. The molecule has 1 aliphatic carbocycles. The van der Waals surface area contributed by atoms with Gasteiger partial charge in [0.1, 0.15) is 11.9 Å². The van der Waals surface area contributed by atoms with E-state index in [-0.39, 0.29) is 6.10 Å². The molecule has 2 aromatic carbocycles. The minimum absolute atomic E-state index is 0.180. The number of fused-ring (bicyclic) bond motifs is 1. The van der Waals surface area contributed by atoms with E-state index in [1.54, 1.807) is 13.3 Å². The van der Waals surface area contributed by atoms with Crippen molar-refractivity contribution in [1.29, 1.82) is 0 Å². The average molecular weight is 402 g/mol. The van der Waals surface area contributed by atoms with Gasteiger partial charge in [-0.1, -0.05) is 18.2 Å². The number of hydrogen-bond acceptors (Lipinski definition) is 4. The zero-order chi connectivity index (χ0) is 20.5. The van der Waals surface area contributed by atoms with Crippen molar-refractivity contribution in [2.45, 2.75) is 31.8 Å². The van der Waals surface area contributed by atoms with Gasteiger partial charge < -0.3 is 14.4 Å². The van der Waals surface area contributed by atoms with Gasteiger partial charge in [-0.05, 0) is 59.7 Å². The topological polar surface area (TPSA) is 51.7 Å². The van der Waals surface area contributed by atoms with Crippen LogP contribution in [-0.4, -0.2) is 42.1 Å². The largest absolute Gasteiger partial charge is 0.490 e. The summed E-state index contributed by atoms with van der Waals surface area (Å²) in [7, 11) is 1.64. The second-order valence-corrected chi connectivity index (χ2v) is 8.20. The summed E-state index contributed by atoms with van der Waals surface area (Å²) >= 11 is 0. The van der Waals surface area contributed by atoms with Crippen LogP contribution in [0.1, 0.15) is 25.7 Å². The van der Waals surface area contributed by atoms with E-state index >= 15 is 0 Å². The predicted molar refractivity (Wildman–Crippen MR) is 117 cm³/mol. The summed E-state index contributed by atoms with van der Waals surface area (Å²) < 4.78 is 11.5. The Morgan fingerprint density at radius 2 is 1.70 bits per heavy atom. The number of piperidine rings is 1. The van der Waals surface area contributed by atoms with Crippen LogP contribution in [0.15, 0.2) is 54.7 Å². The van der Waals surface area contributed by atoms with Gasteiger partial charge in [-0.25, -0.2) is 4.98 Å². The number of rotatable bonds is 5. The first kappa shape index (κ1) is 18.9. The number of pyridine rings is 1. The zero-order valence-corrected chi connectivity index (χ0v) is 17.2. The van der Waals surface area contributed by atoms with Gasteiger partial charge in [-0.2, -0.15) is 0 Å². The Balaban J connectivity index is 1.24. The molecular formula is C25H26N2O3. The molecule has 30 heavy (non-hydrogen) atoms. The molecule has 154 valence electrons. The number of carbonyl (C=O) groups is 1. The highest BCUT2D eigenvalue weighted by Gasteiger charge is 2.35. The third kappa shape index (κ3) is 3.84. The molecule has 1 saturated heterocycles. The fourth-order valence-electron chi connectivity index (χ4n) is 4.19. The number of carbonyl (C=O) groups excluding carboxylic acids is 1. The highest BCUT2D eigenvalue weighted by molar-refractivity contribution is 5.90. The van der Waals surface area contributed by atoms with Gasteiger partial charge in [0.15, 0.2) is 0 Å². The quantitative estimate of drug-likeness (QED) is 0.621. The summed E-state index contributed by atoms with van der Waals surface area (Å²) in [4.78, 5) is 18.5. The Kier molecular flexibility index (Phi) is 5.03. The number of nitrogens with zero attached hydrogens (tertiary/aromatic N) is 2. The summed E-state index contributed by atoms with van der Waals surface area (Å²) in [6.07, 6.45) is 5.90. The average Bonchev–Trinajstić information content (AvgIpc) is 3.64. The van der Waals surface area contributed by atoms with Gasteiger partial charge in [-0.3, -0.25) is 4.79 Å². The molecule has 2 heterocycles. The molecule has 1 aromatic heterocycles. The molecule has 1 aliphatic heterocycles. The Morgan fingerprint density at radius 3 is 2.40 bits per heavy atom. The van der Waals surface area contributed by atoms with Crippen LogP contribution < -0.4 is 9.47 Å². The number of ether oxygens (including phenoxy) is 2. The van der Waals surface area contributed by atoms with Crippen molar-refractivity contribution in [1.82, 2.24) is 9.88 Å². The van der Waals surface area contributed by atoms with E-state index in [0.717, 1.165) is 66.4 Å². The lowest BCUT2D eigenvalue weighted by Crippen LogP contribution is -2.42.